The smallest absolute Gasteiger partial charge is 0.265 e. The first-order chi connectivity index (χ1) is 16.2. The number of nitrogens with zero attached hydrogens (tertiary/aromatic N) is 2. The van der Waals surface area contributed by atoms with Crippen molar-refractivity contribution >= 4 is 33.3 Å². The molecule has 34 heavy (non-hydrogen) atoms. The molecule has 9 nitrogen and oxygen atoms in total. The number of carbonyl (C=O) groups excluding carboxylic acids is 2. The number of carbonyl (C=O) groups is 2. The molecule has 0 radical (unpaired) electrons. The van der Waals surface area contributed by atoms with E-state index in [1.807, 2.05) is 39.0 Å². The number of methoxy groups -OCH3 is 1. The third-order valence-corrected chi connectivity index (χ3v) is 7.18. The zero-order valence-electron chi connectivity index (χ0n) is 19.4. The summed E-state index contributed by atoms with van der Waals surface area (Å²) in [6, 6.07) is 10.2. The van der Waals surface area contributed by atoms with E-state index >= 15 is 0 Å². The second-order valence-corrected chi connectivity index (χ2v) is 9.77. The normalized spacial score (nSPS) is 13.8. The first kappa shape index (κ1) is 23.5. The molecule has 2 heterocycles. The summed E-state index contributed by atoms with van der Waals surface area (Å²) in [5.41, 5.74) is 3.65. The van der Waals surface area contributed by atoms with Crippen LogP contribution in [0.4, 0.5) is 11.5 Å². The molecule has 0 saturated heterocycles. The van der Waals surface area contributed by atoms with E-state index in [0.717, 1.165) is 11.1 Å². The summed E-state index contributed by atoms with van der Waals surface area (Å²) < 4.78 is 36.2. The fraction of sp³-hybridized carbons (Fsp3) is 0.292. The number of aryl methyl sites for hydroxylation is 3. The third kappa shape index (κ3) is 4.16. The molecule has 0 atom stereocenters. The highest BCUT2D eigenvalue weighted by atomic mass is 32.2. The van der Waals surface area contributed by atoms with Gasteiger partial charge in [-0.15, -0.1) is 0 Å². The van der Waals surface area contributed by atoms with Gasteiger partial charge in [-0.3, -0.25) is 14.3 Å². The Hall–Kier alpha value is -3.66. The molecule has 0 bridgehead atoms. The maximum atomic E-state index is 13.5. The van der Waals surface area contributed by atoms with Gasteiger partial charge in [0.05, 0.1) is 18.5 Å². The highest BCUT2D eigenvalue weighted by Crippen LogP contribution is 2.38. The minimum Gasteiger partial charge on any atom is -0.495 e. The second kappa shape index (κ2) is 8.94. The van der Waals surface area contributed by atoms with Gasteiger partial charge in [-0.25, -0.2) is 8.42 Å². The van der Waals surface area contributed by atoms with E-state index in [-0.39, 0.29) is 41.1 Å². The van der Waals surface area contributed by atoms with Gasteiger partial charge in [0.1, 0.15) is 16.5 Å². The fourth-order valence-electron chi connectivity index (χ4n) is 4.04. The standard InChI is InChI=1S/C24H26N4O5S/c1-5-17-22(24-25-20(29)11-12-21(30)28(24)26-17)16-9-10-18(33-4)19(13-16)34(31,32)27-23-14(2)7-6-8-15(23)3/h6-10,13,27H,5,11-12H2,1-4H3,(H,25,29). The van der Waals surface area contributed by atoms with Crippen LogP contribution in [0.5, 0.6) is 5.75 Å². The van der Waals surface area contributed by atoms with E-state index in [1.165, 1.54) is 17.9 Å². The largest absolute Gasteiger partial charge is 0.495 e. The van der Waals surface area contributed by atoms with Crippen LogP contribution in [0.1, 0.15) is 41.4 Å². The lowest BCUT2D eigenvalue weighted by Crippen LogP contribution is -2.16. The molecule has 178 valence electrons. The average molecular weight is 483 g/mol. The van der Waals surface area contributed by atoms with Crippen molar-refractivity contribution in [3.63, 3.8) is 0 Å². The van der Waals surface area contributed by atoms with Gasteiger partial charge in [-0.05, 0) is 49.1 Å². The number of rotatable bonds is 6. The Labute approximate surface area is 198 Å². The number of nitrogens with one attached hydrogen (secondary N) is 2. The predicted octanol–water partition coefficient (Wildman–Crippen LogP) is 3.91. The van der Waals surface area contributed by atoms with Gasteiger partial charge in [-0.1, -0.05) is 31.2 Å². The van der Waals surface area contributed by atoms with Crippen molar-refractivity contribution in [2.75, 3.05) is 17.1 Å². The molecule has 2 aromatic carbocycles. The number of benzene rings is 2. The molecule has 1 aromatic heterocycles. The lowest BCUT2D eigenvalue weighted by Gasteiger charge is -2.16. The van der Waals surface area contributed by atoms with Crippen molar-refractivity contribution < 1.29 is 22.7 Å². The summed E-state index contributed by atoms with van der Waals surface area (Å²) in [5.74, 6) is -0.180. The van der Waals surface area contributed by atoms with Crippen molar-refractivity contribution in [1.29, 1.82) is 0 Å². The maximum Gasteiger partial charge on any atom is 0.265 e. The minimum atomic E-state index is -4.04. The summed E-state index contributed by atoms with van der Waals surface area (Å²) in [6.45, 7) is 5.53. The van der Waals surface area contributed by atoms with E-state index in [9.17, 15) is 18.0 Å². The molecule has 1 aliphatic heterocycles. The monoisotopic (exact) mass is 482 g/mol. The van der Waals surface area contributed by atoms with Gasteiger partial charge in [0, 0.05) is 18.4 Å². The van der Waals surface area contributed by atoms with Crippen LogP contribution in [0, 0.1) is 13.8 Å². The van der Waals surface area contributed by atoms with Crippen LogP contribution in [0.25, 0.3) is 11.1 Å². The quantitative estimate of drug-likeness (QED) is 0.550. The van der Waals surface area contributed by atoms with Crippen LogP contribution in [0.3, 0.4) is 0 Å². The number of aromatic nitrogens is 2. The van der Waals surface area contributed by atoms with Gasteiger partial charge in [0.25, 0.3) is 10.0 Å². The molecule has 0 saturated carbocycles. The molecule has 2 N–H and O–H groups in total. The van der Waals surface area contributed by atoms with Crippen molar-refractivity contribution in [3.8, 4) is 16.9 Å². The lowest BCUT2D eigenvalue weighted by atomic mass is 10.0. The van der Waals surface area contributed by atoms with Gasteiger partial charge in [0.2, 0.25) is 11.8 Å². The molecule has 1 amide bonds. The summed E-state index contributed by atoms with van der Waals surface area (Å²) in [5, 5.41) is 7.16. The van der Waals surface area contributed by atoms with E-state index in [2.05, 4.69) is 15.1 Å². The second-order valence-electron chi connectivity index (χ2n) is 8.12. The van der Waals surface area contributed by atoms with E-state index in [1.54, 1.807) is 12.1 Å². The van der Waals surface area contributed by atoms with E-state index in [0.29, 0.717) is 28.9 Å². The molecular weight excluding hydrogens is 456 g/mol. The maximum absolute atomic E-state index is 13.5. The SMILES string of the molecule is CCc1nn2c(c1-c1ccc(OC)c(S(=O)(=O)Nc3c(C)cccc3C)c1)NC(=O)CCC2=O. The zero-order chi connectivity index (χ0) is 24.6. The van der Waals surface area contributed by atoms with Crippen LogP contribution >= 0.6 is 0 Å². The number of para-hydroxylation sites is 1. The third-order valence-electron chi connectivity index (χ3n) is 5.81. The fourth-order valence-corrected chi connectivity index (χ4v) is 5.44. The molecular formula is C24H26N4O5S. The number of sulfonamides is 1. The van der Waals surface area contributed by atoms with Crippen LogP contribution in [-0.2, 0) is 21.2 Å². The number of hydrogen-bond donors (Lipinski definition) is 2. The van der Waals surface area contributed by atoms with Gasteiger partial charge in [0.15, 0.2) is 0 Å². The summed E-state index contributed by atoms with van der Waals surface area (Å²) in [7, 11) is -2.64. The Balaban J connectivity index is 1.88. The van der Waals surface area contributed by atoms with Crippen molar-refractivity contribution in [2.24, 2.45) is 0 Å². The number of ether oxygens (including phenoxy) is 1. The Morgan fingerprint density at radius 1 is 1.12 bits per heavy atom. The Kier molecular flexibility index (Phi) is 6.18. The van der Waals surface area contributed by atoms with Gasteiger partial charge < -0.3 is 10.1 Å². The van der Waals surface area contributed by atoms with E-state index < -0.39 is 10.0 Å². The topological polar surface area (TPSA) is 119 Å². The van der Waals surface area contributed by atoms with Crippen molar-refractivity contribution in [1.82, 2.24) is 9.78 Å². The van der Waals surface area contributed by atoms with Crippen LogP contribution in [0.2, 0.25) is 0 Å². The molecule has 0 unspecified atom stereocenters. The molecule has 0 aliphatic carbocycles. The Morgan fingerprint density at radius 3 is 2.47 bits per heavy atom. The lowest BCUT2D eigenvalue weighted by molar-refractivity contribution is -0.116. The zero-order valence-corrected chi connectivity index (χ0v) is 20.2. The number of amides is 1. The molecule has 1 aliphatic rings. The summed E-state index contributed by atoms with van der Waals surface area (Å²) in [4.78, 5) is 24.7. The molecule has 4 rings (SSSR count). The number of hydrogen-bond acceptors (Lipinski definition) is 6. The Bertz CT molecular complexity index is 1390. The average Bonchev–Trinajstić information content (AvgIpc) is 3.11. The van der Waals surface area contributed by atoms with E-state index in [4.69, 9.17) is 4.74 Å². The van der Waals surface area contributed by atoms with Crippen LogP contribution in [-0.4, -0.2) is 37.1 Å². The van der Waals surface area contributed by atoms with Gasteiger partial charge in [-0.2, -0.15) is 9.78 Å². The van der Waals surface area contributed by atoms with Crippen LogP contribution in [0.15, 0.2) is 41.3 Å². The summed E-state index contributed by atoms with van der Waals surface area (Å²) >= 11 is 0. The first-order valence-corrected chi connectivity index (χ1v) is 12.4. The predicted molar refractivity (Wildman–Crippen MR) is 129 cm³/mol. The molecule has 0 spiro atoms. The molecule has 0 fully saturated rings. The van der Waals surface area contributed by atoms with Crippen molar-refractivity contribution in [3.05, 3.63) is 53.2 Å². The molecule has 3 aromatic rings. The highest BCUT2D eigenvalue weighted by Gasteiger charge is 2.29. The van der Waals surface area contributed by atoms with Gasteiger partial charge >= 0.3 is 0 Å². The minimum absolute atomic E-state index is 0.0467. The summed E-state index contributed by atoms with van der Waals surface area (Å²) in [6.07, 6.45) is 0.587. The number of anilines is 2. The van der Waals surface area contributed by atoms with Crippen molar-refractivity contribution in [2.45, 2.75) is 44.9 Å². The van der Waals surface area contributed by atoms with Crippen LogP contribution < -0.4 is 14.8 Å². The first-order valence-electron chi connectivity index (χ1n) is 10.9. The number of fused-ring (bicyclic) bond motifs is 1. The highest BCUT2D eigenvalue weighted by molar-refractivity contribution is 7.92. The Morgan fingerprint density at radius 2 is 1.82 bits per heavy atom. The molecule has 10 heteroatoms.